The molecule has 0 aromatic heterocycles. The number of aliphatic hydroxyl groups is 4. The Morgan fingerprint density at radius 1 is 1.00 bits per heavy atom. The number of rotatable bonds is 9. The molecule has 0 radical (unpaired) electrons. The fourth-order valence-electron chi connectivity index (χ4n) is 3.07. The van der Waals surface area contributed by atoms with Gasteiger partial charge in [-0.25, -0.2) is 0 Å². The molecule has 1 saturated heterocycles. The Balaban J connectivity index is 2.84. The van der Waals surface area contributed by atoms with E-state index >= 15 is 0 Å². The number of nitrogens with one attached hydrogen (secondary N) is 1. The van der Waals surface area contributed by atoms with Crippen molar-refractivity contribution in [2.75, 3.05) is 19.7 Å². The molecule has 0 unspecified atom stereocenters. The second kappa shape index (κ2) is 10.2. The van der Waals surface area contributed by atoms with Crippen molar-refractivity contribution in [1.29, 1.82) is 0 Å². The molecule has 23 heavy (non-hydrogen) atoms. The van der Waals surface area contributed by atoms with Gasteiger partial charge in [0.25, 0.3) is 0 Å². The number of unbranched alkanes of at least 4 members (excludes halogenated alkanes) is 3. The molecule has 5 atom stereocenters. The van der Waals surface area contributed by atoms with Crippen molar-refractivity contribution in [1.82, 2.24) is 10.2 Å². The Morgan fingerprint density at radius 2 is 1.65 bits per heavy atom. The average molecular weight is 332 g/mol. The highest BCUT2D eigenvalue weighted by Crippen LogP contribution is 2.25. The van der Waals surface area contributed by atoms with Gasteiger partial charge in [0.2, 0.25) is 5.91 Å². The first kappa shape index (κ1) is 20.3. The van der Waals surface area contributed by atoms with E-state index in [1.54, 1.807) is 4.90 Å². The SMILES string of the molecule is CCCCCNC(=O)[C@H]1[C@H](O)[C@@H](O)[C@H](O)[C@H](CO)N1CCCC. The highest BCUT2D eigenvalue weighted by Gasteiger charge is 2.49. The summed E-state index contributed by atoms with van der Waals surface area (Å²) in [6.45, 7) is 4.67. The second-order valence-corrected chi connectivity index (χ2v) is 6.26. The molecule has 1 rings (SSSR count). The minimum absolute atomic E-state index is 0.367. The molecule has 1 aliphatic rings. The summed E-state index contributed by atoms with van der Waals surface area (Å²) in [5.41, 5.74) is 0. The number of carbonyl (C=O) groups is 1. The average Bonchev–Trinajstić information content (AvgIpc) is 2.54. The van der Waals surface area contributed by atoms with Gasteiger partial charge in [-0.15, -0.1) is 0 Å². The fraction of sp³-hybridized carbons (Fsp3) is 0.938. The molecule has 0 bridgehead atoms. The number of piperidine rings is 1. The molecule has 0 aromatic rings. The molecule has 0 aromatic carbocycles. The van der Waals surface area contributed by atoms with E-state index in [1.165, 1.54) is 0 Å². The van der Waals surface area contributed by atoms with Gasteiger partial charge in [0.15, 0.2) is 0 Å². The maximum absolute atomic E-state index is 12.5. The molecule has 1 amide bonds. The molecular formula is C16H32N2O5. The number of amides is 1. The summed E-state index contributed by atoms with van der Waals surface area (Å²) in [4.78, 5) is 14.1. The number of carbonyl (C=O) groups excluding carboxylic acids is 1. The van der Waals surface area contributed by atoms with Gasteiger partial charge in [-0.2, -0.15) is 0 Å². The maximum Gasteiger partial charge on any atom is 0.240 e. The lowest BCUT2D eigenvalue weighted by Crippen LogP contribution is -2.70. The normalized spacial score (nSPS) is 32.0. The summed E-state index contributed by atoms with van der Waals surface area (Å²) in [6, 6.07) is -1.72. The van der Waals surface area contributed by atoms with E-state index in [0.29, 0.717) is 13.1 Å². The standard InChI is InChI=1S/C16H32N2O5/c1-3-5-7-8-17-16(23)12-14(21)15(22)13(20)11(10-19)18(12)9-6-4-2/h11-15,19-22H,3-10H2,1-2H3,(H,17,23)/t11-,12+,13+,14-,15-/m0/s1. The van der Waals surface area contributed by atoms with Gasteiger partial charge >= 0.3 is 0 Å². The van der Waals surface area contributed by atoms with Crippen molar-refractivity contribution < 1.29 is 25.2 Å². The van der Waals surface area contributed by atoms with E-state index in [1.807, 2.05) is 6.92 Å². The van der Waals surface area contributed by atoms with Gasteiger partial charge in [-0.05, 0) is 19.4 Å². The van der Waals surface area contributed by atoms with Crippen LogP contribution in [0.3, 0.4) is 0 Å². The quantitative estimate of drug-likeness (QED) is 0.354. The third kappa shape index (κ3) is 5.12. The van der Waals surface area contributed by atoms with Crippen molar-refractivity contribution in [3.05, 3.63) is 0 Å². The number of likely N-dealkylation sites (tertiary alicyclic amines) is 1. The van der Waals surface area contributed by atoms with Crippen LogP contribution in [0, 0.1) is 0 Å². The van der Waals surface area contributed by atoms with Crippen LogP contribution >= 0.6 is 0 Å². The van der Waals surface area contributed by atoms with Crippen LogP contribution in [0.5, 0.6) is 0 Å². The molecular weight excluding hydrogens is 300 g/mol. The molecule has 0 spiro atoms. The van der Waals surface area contributed by atoms with Crippen LogP contribution in [-0.4, -0.2) is 81.3 Å². The van der Waals surface area contributed by atoms with Crippen LogP contribution in [0.1, 0.15) is 46.0 Å². The first-order valence-corrected chi connectivity index (χ1v) is 8.68. The largest absolute Gasteiger partial charge is 0.395 e. The van der Waals surface area contributed by atoms with Crippen molar-refractivity contribution in [2.45, 2.75) is 76.3 Å². The third-order valence-electron chi connectivity index (χ3n) is 4.51. The minimum atomic E-state index is -1.45. The zero-order chi connectivity index (χ0) is 17.4. The smallest absolute Gasteiger partial charge is 0.240 e. The number of aliphatic hydroxyl groups excluding tert-OH is 4. The van der Waals surface area contributed by atoms with Gasteiger partial charge in [-0.1, -0.05) is 33.1 Å². The first-order chi connectivity index (χ1) is 11.0. The highest BCUT2D eigenvalue weighted by atomic mass is 16.4. The van der Waals surface area contributed by atoms with E-state index in [9.17, 15) is 25.2 Å². The lowest BCUT2D eigenvalue weighted by Gasteiger charge is -2.47. The Bertz CT molecular complexity index is 355. The molecule has 7 heteroatoms. The summed E-state index contributed by atoms with van der Waals surface area (Å²) in [6.07, 6.45) is 0.452. The zero-order valence-electron chi connectivity index (χ0n) is 14.2. The molecule has 1 heterocycles. The summed E-state index contributed by atoms with van der Waals surface area (Å²) in [7, 11) is 0. The van der Waals surface area contributed by atoms with Crippen LogP contribution < -0.4 is 5.32 Å². The van der Waals surface area contributed by atoms with Crippen molar-refractivity contribution in [3.8, 4) is 0 Å². The van der Waals surface area contributed by atoms with Gasteiger partial charge in [0.1, 0.15) is 24.4 Å². The fourth-order valence-corrected chi connectivity index (χ4v) is 3.07. The molecule has 136 valence electrons. The topological polar surface area (TPSA) is 113 Å². The lowest BCUT2D eigenvalue weighted by molar-refractivity contribution is -0.178. The van der Waals surface area contributed by atoms with Crippen molar-refractivity contribution in [2.24, 2.45) is 0 Å². The molecule has 7 nitrogen and oxygen atoms in total. The van der Waals surface area contributed by atoms with Gasteiger partial charge in [0.05, 0.1) is 12.6 Å². The summed E-state index contributed by atoms with van der Waals surface area (Å²) in [5.74, 6) is -0.367. The van der Waals surface area contributed by atoms with Crippen LogP contribution in [0.15, 0.2) is 0 Å². The number of hydrogen-bond donors (Lipinski definition) is 5. The molecule has 1 fully saturated rings. The van der Waals surface area contributed by atoms with Gasteiger partial charge in [0, 0.05) is 6.54 Å². The Kier molecular flexibility index (Phi) is 9.01. The van der Waals surface area contributed by atoms with E-state index in [2.05, 4.69) is 12.2 Å². The van der Waals surface area contributed by atoms with Crippen molar-refractivity contribution in [3.63, 3.8) is 0 Å². The van der Waals surface area contributed by atoms with Crippen molar-refractivity contribution >= 4 is 5.91 Å². The Hall–Kier alpha value is -0.730. The van der Waals surface area contributed by atoms with Crippen LogP contribution in [0.4, 0.5) is 0 Å². The molecule has 0 aliphatic carbocycles. The predicted molar refractivity (Wildman–Crippen MR) is 86.8 cm³/mol. The lowest BCUT2D eigenvalue weighted by atomic mass is 9.87. The van der Waals surface area contributed by atoms with E-state index in [4.69, 9.17) is 0 Å². The van der Waals surface area contributed by atoms with E-state index < -0.39 is 30.4 Å². The molecule has 1 aliphatic heterocycles. The number of hydrogen-bond acceptors (Lipinski definition) is 6. The Labute approximate surface area is 138 Å². The maximum atomic E-state index is 12.5. The minimum Gasteiger partial charge on any atom is -0.395 e. The summed E-state index contributed by atoms with van der Waals surface area (Å²) < 4.78 is 0. The van der Waals surface area contributed by atoms with Crippen LogP contribution in [0.25, 0.3) is 0 Å². The first-order valence-electron chi connectivity index (χ1n) is 8.68. The van der Waals surface area contributed by atoms with E-state index in [-0.39, 0.29) is 12.5 Å². The predicted octanol–water partition coefficient (Wildman–Crippen LogP) is -0.779. The third-order valence-corrected chi connectivity index (χ3v) is 4.51. The van der Waals surface area contributed by atoms with Crippen LogP contribution in [-0.2, 0) is 4.79 Å². The molecule has 0 saturated carbocycles. The van der Waals surface area contributed by atoms with Gasteiger partial charge < -0.3 is 25.7 Å². The summed E-state index contributed by atoms with van der Waals surface area (Å²) in [5, 5.41) is 42.7. The van der Waals surface area contributed by atoms with E-state index in [0.717, 1.165) is 32.1 Å². The second-order valence-electron chi connectivity index (χ2n) is 6.26. The summed E-state index contributed by atoms with van der Waals surface area (Å²) >= 11 is 0. The highest BCUT2D eigenvalue weighted by molar-refractivity contribution is 5.82. The Morgan fingerprint density at radius 3 is 2.22 bits per heavy atom. The number of nitrogens with zero attached hydrogens (tertiary/aromatic N) is 1. The van der Waals surface area contributed by atoms with Gasteiger partial charge in [-0.3, -0.25) is 9.69 Å². The van der Waals surface area contributed by atoms with Crippen LogP contribution in [0.2, 0.25) is 0 Å². The zero-order valence-corrected chi connectivity index (χ0v) is 14.2. The molecule has 5 N–H and O–H groups in total. The monoisotopic (exact) mass is 332 g/mol.